The molecule has 88 valence electrons. The Morgan fingerprint density at radius 3 is 2.76 bits per heavy atom. The summed E-state index contributed by atoms with van der Waals surface area (Å²) in [6.45, 7) is 0. The Balaban J connectivity index is 2.75. The highest BCUT2D eigenvalue weighted by Gasteiger charge is 2.12. The van der Waals surface area contributed by atoms with Gasteiger partial charge in [-0.2, -0.15) is 0 Å². The van der Waals surface area contributed by atoms with Crippen LogP contribution in [0.4, 0.5) is 4.39 Å². The summed E-state index contributed by atoms with van der Waals surface area (Å²) in [4.78, 5) is 15.0. The summed E-state index contributed by atoms with van der Waals surface area (Å²) in [5.74, 6) is -1.17. The number of amides is 1. The van der Waals surface area contributed by atoms with E-state index in [1.807, 2.05) is 0 Å². The fourth-order valence-corrected chi connectivity index (χ4v) is 1.72. The van der Waals surface area contributed by atoms with E-state index >= 15 is 0 Å². The Morgan fingerprint density at radius 2 is 2.18 bits per heavy atom. The molecule has 0 aliphatic rings. The van der Waals surface area contributed by atoms with E-state index in [1.54, 1.807) is 0 Å². The second-order valence-corrected chi connectivity index (χ2v) is 3.73. The van der Waals surface area contributed by atoms with Gasteiger partial charge in [0.05, 0.1) is 18.2 Å². The third kappa shape index (κ3) is 2.01. The number of primary amides is 1. The average Bonchev–Trinajstić information content (AvgIpc) is 2.27. The van der Waals surface area contributed by atoms with Crippen LogP contribution in [0.3, 0.4) is 0 Å². The molecule has 4 nitrogen and oxygen atoms in total. The molecule has 2 aromatic rings. The maximum Gasteiger partial charge on any atom is 0.251 e. The largest absolute Gasteiger partial charge is 0.494 e. The van der Waals surface area contributed by atoms with E-state index in [9.17, 15) is 9.18 Å². The van der Waals surface area contributed by atoms with Crippen molar-refractivity contribution in [1.82, 2.24) is 4.98 Å². The Bertz CT molecular complexity index is 616. The molecule has 2 rings (SSSR count). The van der Waals surface area contributed by atoms with E-state index < -0.39 is 11.7 Å². The molecular weight excluding hydrogens is 247 g/mol. The SMILES string of the molecule is COc1cc2cc(C(N)=O)c(Cl)nc2cc1F. The van der Waals surface area contributed by atoms with Gasteiger partial charge in [-0.1, -0.05) is 11.6 Å². The Hall–Kier alpha value is -1.88. The van der Waals surface area contributed by atoms with Crippen molar-refractivity contribution in [1.29, 1.82) is 0 Å². The lowest BCUT2D eigenvalue weighted by Gasteiger charge is -2.06. The van der Waals surface area contributed by atoms with Gasteiger partial charge in [0.15, 0.2) is 11.6 Å². The zero-order chi connectivity index (χ0) is 12.6. The number of halogens is 2. The molecular formula is C11H8ClFN2O2. The maximum absolute atomic E-state index is 13.4. The van der Waals surface area contributed by atoms with Crippen molar-refractivity contribution in [2.24, 2.45) is 5.73 Å². The van der Waals surface area contributed by atoms with Gasteiger partial charge in [-0.25, -0.2) is 9.37 Å². The third-order valence-corrected chi connectivity index (χ3v) is 2.60. The summed E-state index contributed by atoms with van der Waals surface area (Å²) >= 11 is 5.76. The lowest BCUT2D eigenvalue weighted by atomic mass is 10.1. The van der Waals surface area contributed by atoms with Crippen molar-refractivity contribution in [2.45, 2.75) is 0 Å². The molecule has 0 aliphatic heterocycles. The number of ether oxygens (including phenoxy) is 1. The molecule has 0 atom stereocenters. The molecule has 1 aromatic heterocycles. The predicted octanol–water partition coefficient (Wildman–Crippen LogP) is 2.13. The van der Waals surface area contributed by atoms with E-state index in [1.165, 1.54) is 25.3 Å². The van der Waals surface area contributed by atoms with Crippen molar-refractivity contribution in [2.75, 3.05) is 7.11 Å². The normalized spacial score (nSPS) is 10.5. The third-order valence-electron chi connectivity index (χ3n) is 2.31. The molecule has 1 heterocycles. The molecule has 0 unspecified atom stereocenters. The van der Waals surface area contributed by atoms with Crippen LogP contribution in [0.5, 0.6) is 5.75 Å². The average molecular weight is 255 g/mol. The quantitative estimate of drug-likeness (QED) is 0.835. The number of nitrogens with zero attached hydrogens (tertiary/aromatic N) is 1. The van der Waals surface area contributed by atoms with Crippen LogP contribution in [0.1, 0.15) is 10.4 Å². The molecule has 0 spiro atoms. The second kappa shape index (κ2) is 4.18. The van der Waals surface area contributed by atoms with Crippen LogP contribution >= 0.6 is 11.6 Å². The fraction of sp³-hybridized carbons (Fsp3) is 0.0909. The van der Waals surface area contributed by atoms with Gasteiger partial charge in [0.1, 0.15) is 5.15 Å². The van der Waals surface area contributed by atoms with Crippen LogP contribution in [0.15, 0.2) is 18.2 Å². The maximum atomic E-state index is 13.4. The standard InChI is InChI=1S/C11H8ClFN2O2/c1-17-9-3-5-2-6(11(14)16)10(12)15-8(5)4-7(9)13/h2-4H,1H3,(H2,14,16). The number of fused-ring (bicyclic) bond motifs is 1. The summed E-state index contributed by atoms with van der Waals surface area (Å²) in [5.41, 5.74) is 5.56. The van der Waals surface area contributed by atoms with E-state index in [0.717, 1.165) is 0 Å². The van der Waals surface area contributed by atoms with Crippen LogP contribution in [0.25, 0.3) is 10.9 Å². The van der Waals surface area contributed by atoms with Gasteiger partial charge in [0.2, 0.25) is 0 Å². The minimum Gasteiger partial charge on any atom is -0.494 e. The lowest BCUT2D eigenvalue weighted by molar-refractivity contribution is 0.100. The van der Waals surface area contributed by atoms with E-state index in [-0.39, 0.29) is 16.5 Å². The topological polar surface area (TPSA) is 65.2 Å². The van der Waals surface area contributed by atoms with Crippen molar-refractivity contribution in [3.05, 3.63) is 34.7 Å². The molecule has 1 aromatic carbocycles. The number of hydrogen-bond donors (Lipinski definition) is 1. The second-order valence-electron chi connectivity index (χ2n) is 3.37. The van der Waals surface area contributed by atoms with Gasteiger partial charge in [0, 0.05) is 11.5 Å². The number of pyridine rings is 1. The van der Waals surface area contributed by atoms with Crippen LogP contribution in [-0.4, -0.2) is 18.0 Å². The van der Waals surface area contributed by atoms with Crippen LogP contribution in [0, 0.1) is 5.82 Å². The molecule has 0 aliphatic carbocycles. The van der Waals surface area contributed by atoms with Crippen molar-refractivity contribution in [3.63, 3.8) is 0 Å². The first-order chi connectivity index (χ1) is 8.02. The number of carbonyl (C=O) groups excluding carboxylic acids is 1. The molecule has 6 heteroatoms. The van der Waals surface area contributed by atoms with E-state index in [0.29, 0.717) is 10.9 Å². The number of nitrogens with two attached hydrogens (primary N) is 1. The van der Waals surface area contributed by atoms with Crippen LogP contribution in [0.2, 0.25) is 5.15 Å². The highest BCUT2D eigenvalue weighted by molar-refractivity contribution is 6.33. The lowest BCUT2D eigenvalue weighted by Crippen LogP contribution is -2.12. The van der Waals surface area contributed by atoms with E-state index in [4.69, 9.17) is 22.1 Å². The number of methoxy groups -OCH3 is 1. The van der Waals surface area contributed by atoms with Crippen molar-refractivity contribution >= 4 is 28.4 Å². The van der Waals surface area contributed by atoms with Crippen LogP contribution in [-0.2, 0) is 0 Å². The van der Waals surface area contributed by atoms with Gasteiger partial charge >= 0.3 is 0 Å². The van der Waals surface area contributed by atoms with Gasteiger partial charge < -0.3 is 10.5 Å². The molecule has 1 amide bonds. The first-order valence-electron chi connectivity index (χ1n) is 4.66. The molecule has 0 saturated heterocycles. The van der Waals surface area contributed by atoms with Crippen molar-refractivity contribution < 1.29 is 13.9 Å². The first kappa shape index (κ1) is 11.6. The molecule has 2 N–H and O–H groups in total. The summed E-state index contributed by atoms with van der Waals surface area (Å²) in [6, 6.07) is 4.07. The summed E-state index contributed by atoms with van der Waals surface area (Å²) in [5, 5.41) is 0.482. The number of carbonyl (C=O) groups is 1. The number of rotatable bonds is 2. The van der Waals surface area contributed by atoms with Crippen LogP contribution < -0.4 is 10.5 Å². The summed E-state index contributed by atoms with van der Waals surface area (Å²) < 4.78 is 18.2. The zero-order valence-corrected chi connectivity index (χ0v) is 9.58. The Kier molecular flexibility index (Phi) is 2.85. The van der Waals surface area contributed by atoms with E-state index in [2.05, 4.69) is 4.98 Å². The van der Waals surface area contributed by atoms with Gasteiger partial charge in [-0.3, -0.25) is 4.79 Å². The smallest absolute Gasteiger partial charge is 0.251 e. The highest BCUT2D eigenvalue weighted by atomic mass is 35.5. The predicted molar refractivity (Wildman–Crippen MR) is 61.8 cm³/mol. The first-order valence-corrected chi connectivity index (χ1v) is 5.04. The molecule has 0 fully saturated rings. The molecule has 0 radical (unpaired) electrons. The minimum atomic E-state index is -0.687. The minimum absolute atomic E-state index is 0.0467. The zero-order valence-electron chi connectivity index (χ0n) is 8.83. The van der Waals surface area contributed by atoms with Crippen molar-refractivity contribution in [3.8, 4) is 5.75 Å². The summed E-state index contributed by atoms with van der Waals surface area (Å²) in [7, 11) is 1.35. The number of benzene rings is 1. The molecule has 0 saturated carbocycles. The Labute approximate surface area is 101 Å². The highest BCUT2D eigenvalue weighted by Crippen LogP contribution is 2.26. The fourth-order valence-electron chi connectivity index (χ4n) is 1.48. The Morgan fingerprint density at radius 1 is 1.47 bits per heavy atom. The summed E-state index contributed by atoms with van der Waals surface area (Å²) in [6.07, 6.45) is 0. The van der Waals surface area contributed by atoms with Gasteiger partial charge in [-0.05, 0) is 12.1 Å². The van der Waals surface area contributed by atoms with Gasteiger partial charge in [-0.15, -0.1) is 0 Å². The van der Waals surface area contributed by atoms with Gasteiger partial charge in [0.25, 0.3) is 5.91 Å². The molecule has 17 heavy (non-hydrogen) atoms. The monoisotopic (exact) mass is 254 g/mol. The number of aromatic nitrogens is 1. The molecule has 0 bridgehead atoms. The number of hydrogen-bond acceptors (Lipinski definition) is 3.